The fourth-order valence-electron chi connectivity index (χ4n) is 3.38. The zero-order valence-electron chi connectivity index (χ0n) is 16.0. The molecule has 6 nitrogen and oxygen atoms in total. The lowest BCUT2D eigenvalue weighted by atomic mass is 10.0. The van der Waals surface area contributed by atoms with Gasteiger partial charge in [0.05, 0.1) is 14.2 Å². The number of hydrogen-bond acceptors (Lipinski definition) is 4. The fraction of sp³-hybridized carbons (Fsp3) is 0.182. The van der Waals surface area contributed by atoms with Gasteiger partial charge in [0.2, 0.25) is 0 Å². The van der Waals surface area contributed by atoms with Gasteiger partial charge in [0.1, 0.15) is 0 Å². The molecule has 0 saturated heterocycles. The predicted molar refractivity (Wildman–Crippen MR) is 108 cm³/mol. The number of fused-ring (bicyclic) bond motifs is 1. The van der Waals surface area contributed by atoms with Crippen LogP contribution in [-0.4, -0.2) is 28.8 Å². The predicted octanol–water partition coefficient (Wildman–Crippen LogP) is 3.61. The summed E-state index contributed by atoms with van der Waals surface area (Å²) in [7, 11) is 3.20. The molecule has 0 aliphatic carbocycles. The third kappa shape index (κ3) is 3.03. The number of rotatable bonds is 5. The highest BCUT2D eigenvalue weighted by molar-refractivity contribution is 5.78. The van der Waals surface area contributed by atoms with E-state index in [0.717, 1.165) is 22.4 Å². The van der Waals surface area contributed by atoms with Gasteiger partial charge in [-0.3, -0.25) is 9.89 Å². The van der Waals surface area contributed by atoms with Crippen molar-refractivity contribution in [2.75, 3.05) is 14.2 Å². The van der Waals surface area contributed by atoms with E-state index >= 15 is 0 Å². The van der Waals surface area contributed by atoms with Gasteiger partial charge in [-0.25, -0.2) is 9.50 Å². The summed E-state index contributed by atoms with van der Waals surface area (Å²) in [6.07, 6.45) is 2.34. The summed E-state index contributed by atoms with van der Waals surface area (Å²) >= 11 is 0. The number of ether oxygens (including phenoxy) is 2. The van der Waals surface area contributed by atoms with Crippen LogP contribution in [0.4, 0.5) is 0 Å². The monoisotopic (exact) mass is 375 g/mol. The summed E-state index contributed by atoms with van der Waals surface area (Å²) in [6.45, 7) is 1.88. The highest BCUT2D eigenvalue weighted by Crippen LogP contribution is 2.33. The number of benzene rings is 2. The minimum atomic E-state index is -0.0851. The van der Waals surface area contributed by atoms with E-state index in [0.29, 0.717) is 29.1 Å². The highest BCUT2D eigenvalue weighted by atomic mass is 16.5. The first kappa shape index (κ1) is 17.9. The van der Waals surface area contributed by atoms with Gasteiger partial charge in [0.25, 0.3) is 5.56 Å². The van der Waals surface area contributed by atoms with Gasteiger partial charge < -0.3 is 9.47 Å². The Bertz CT molecular complexity index is 1190. The Morgan fingerprint density at radius 1 is 1.04 bits per heavy atom. The summed E-state index contributed by atoms with van der Waals surface area (Å²) < 4.78 is 12.2. The average Bonchev–Trinajstić information content (AvgIpc) is 3.15. The van der Waals surface area contributed by atoms with E-state index in [-0.39, 0.29) is 5.56 Å². The summed E-state index contributed by atoms with van der Waals surface area (Å²) in [5.41, 5.74) is 4.71. The maximum absolute atomic E-state index is 13.1. The zero-order valence-corrected chi connectivity index (χ0v) is 16.0. The van der Waals surface area contributed by atoms with Crippen molar-refractivity contribution in [1.82, 2.24) is 14.6 Å². The van der Waals surface area contributed by atoms with Crippen LogP contribution in [0.2, 0.25) is 0 Å². The minimum Gasteiger partial charge on any atom is -0.493 e. The molecule has 6 heteroatoms. The molecule has 0 amide bonds. The van der Waals surface area contributed by atoms with Crippen LogP contribution in [0.3, 0.4) is 0 Å². The number of H-pyrrole nitrogens is 1. The van der Waals surface area contributed by atoms with Crippen LogP contribution in [0.1, 0.15) is 16.8 Å². The molecule has 2 aromatic heterocycles. The van der Waals surface area contributed by atoms with E-state index in [1.165, 1.54) is 4.52 Å². The third-order valence-electron chi connectivity index (χ3n) is 4.88. The number of aromatic nitrogens is 3. The minimum absolute atomic E-state index is 0.0851. The van der Waals surface area contributed by atoms with Gasteiger partial charge in [-0.1, -0.05) is 36.4 Å². The molecule has 2 aromatic carbocycles. The maximum atomic E-state index is 13.1. The smallest absolute Gasteiger partial charge is 0.276 e. The Morgan fingerprint density at radius 3 is 2.50 bits per heavy atom. The van der Waals surface area contributed by atoms with Crippen LogP contribution >= 0.6 is 0 Å². The molecule has 0 aliphatic heterocycles. The largest absolute Gasteiger partial charge is 0.493 e. The van der Waals surface area contributed by atoms with Crippen molar-refractivity contribution in [3.63, 3.8) is 0 Å². The fourth-order valence-corrected chi connectivity index (χ4v) is 3.38. The second-order valence-corrected chi connectivity index (χ2v) is 6.56. The number of nitrogens with zero attached hydrogens (tertiary/aromatic N) is 2. The van der Waals surface area contributed by atoms with Crippen molar-refractivity contribution < 1.29 is 9.47 Å². The van der Waals surface area contributed by atoms with Crippen LogP contribution in [-0.2, 0) is 6.42 Å². The first-order valence-corrected chi connectivity index (χ1v) is 8.98. The molecule has 0 atom stereocenters. The van der Waals surface area contributed by atoms with Gasteiger partial charge in [0, 0.05) is 29.4 Å². The van der Waals surface area contributed by atoms with Crippen LogP contribution in [0.15, 0.2) is 59.5 Å². The highest BCUT2D eigenvalue weighted by Gasteiger charge is 2.16. The Morgan fingerprint density at radius 2 is 1.79 bits per heavy atom. The quantitative estimate of drug-likeness (QED) is 0.579. The summed E-state index contributed by atoms with van der Waals surface area (Å²) in [5.74, 6) is 1.27. The van der Waals surface area contributed by atoms with Crippen LogP contribution in [0.25, 0.3) is 16.8 Å². The third-order valence-corrected chi connectivity index (χ3v) is 4.88. The Labute approximate surface area is 162 Å². The molecule has 0 saturated carbocycles. The van der Waals surface area contributed by atoms with E-state index in [9.17, 15) is 4.79 Å². The number of aryl methyl sites for hydroxylation is 1. The van der Waals surface area contributed by atoms with E-state index < -0.39 is 0 Å². The number of nitrogens with one attached hydrogen (secondary N) is 1. The topological polar surface area (TPSA) is 68.6 Å². The Balaban J connectivity index is 1.82. The number of hydrogen-bond donors (Lipinski definition) is 1. The van der Waals surface area contributed by atoms with Gasteiger partial charge >= 0.3 is 0 Å². The van der Waals surface area contributed by atoms with Crippen LogP contribution in [0, 0.1) is 6.92 Å². The van der Waals surface area contributed by atoms with E-state index in [1.807, 2.05) is 55.5 Å². The first-order valence-electron chi connectivity index (χ1n) is 8.98. The molecular formula is C22H21N3O3. The van der Waals surface area contributed by atoms with Gasteiger partial charge in [0.15, 0.2) is 17.1 Å². The standard InChI is InChI=1S/C22H21N3O3/c1-14-17(11-15-7-5-4-6-8-15)22(26)25-21(24-14)18(13-23-25)16-9-10-19(27-2)20(12-16)28-3/h4-10,12-13,23H,11H2,1-3H3. The normalized spacial score (nSPS) is 11.0. The van der Waals surface area contributed by atoms with Crippen LogP contribution < -0.4 is 15.0 Å². The van der Waals surface area contributed by atoms with E-state index in [2.05, 4.69) is 5.10 Å². The molecule has 4 aromatic rings. The van der Waals surface area contributed by atoms with E-state index in [4.69, 9.17) is 14.5 Å². The summed E-state index contributed by atoms with van der Waals surface area (Å²) in [6, 6.07) is 15.6. The van der Waals surface area contributed by atoms with Gasteiger partial charge in [-0.2, -0.15) is 0 Å². The SMILES string of the molecule is COc1ccc(-c2c[nH]n3c(=O)c(Cc4ccccc4)c(C)nc23)cc1OC. The average molecular weight is 375 g/mol. The lowest BCUT2D eigenvalue weighted by Crippen LogP contribution is -2.22. The van der Waals surface area contributed by atoms with Crippen molar-refractivity contribution in [2.45, 2.75) is 13.3 Å². The van der Waals surface area contributed by atoms with Crippen molar-refractivity contribution in [3.05, 3.63) is 81.9 Å². The van der Waals surface area contributed by atoms with Gasteiger partial charge in [-0.05, 0) is 30.2 Å². The summed E-state index contributed by atoms with van der Waals surface area (Å²) in [4.78, 5) is 17.8. The Kier molecular flexibility index (Phi) is 4.61. The number of methoxy groups -OCH3 is 2. The van der Waals surface area contributed by atoms with Crippen LogP contribution in [0.5, 0.6) is 11.5 Å². The van der Waals surface area contributed by atoms with Gasteiger partial charge in [-0.15, -0.1) is 0 Å². The molecular weight excluding hydrogens is 354 g/mol. The zero-order chi connectivity index (χ0) is 19.7. The lowest BCUT2D eigenvalue weighted by molar-refractivity contribution is 0.355. The molecule has 0 bridgehead atoms. The lowest BCUT2D eigenvalue weighted by Gasteiger charge is -2.09. The molecule has 4 rings (SSSR count). The molecule has 1 N–H and O–H groups in total. The molecule has 0 radical (unpaired) electrons. The molecule has 0 fully saturated rings. The second-order valence-electron chi connectivity index (χ2n) is 6.56. The molecule has 28 heavy (non-hydrogen) atoms. The maximum Gasteiger partial charge on any atom is 0.276 e. The second kappa shape index (κ2) is 7.23. The van der Waals surface area contributed by atoms with Crippen molar-refractivity contribution >= 4 is 5.65 Å². The molecule has 2 heterocycles. The van der Waals surface area contributed by atoms with Crippen molar-refractivity contribution in [1.29, 1.82) is 0 Å². The summed E-state index contributed by atoms with van der Waals surface area (Å²) in [5, 5.41) is 3.04. The molecule has 142 valence electrons. The first-order chi connectivity index (χ1) is 13.6. The Hall–Kier alpha value is -3.54. The van der Waals surface area contributed by atoms with Crippen molar-refractivity contribution in [3.8, 4) is 22.6 Å². The van der Waals surface area contributed by atoms with E-state index in [1.54, 1.807) is 20.4 Å². The molecule has 0 aliphatic rings. The van der Waals surface area contributed by atoms with Crippen molar-refractivity contribution in [2.24, 2.45) is 0 Å². The molecule has 0 unspecified atom stereocenters. The number of aromatic amines is 1. The molecule has 0 spiro atoms.